The highest BCUT2D eigenvalue weighted by atomic mass is 79.9. The van der Waals surface area contributed by atoms with Gasteiger partial charge in [-0.2, -0.15) is 9.78 Å². The summed E-state index contributed by atoms with van der Waals surface area (Å²) in [7, 11) is 3.01. The van der Waals surface area contributed by atoms with Crippen molar-refractivity contribution >= 4 is 61.6 Å². The molecule has 0 aliphatic rings. The molecule has 0 fully saturated rings. The van der Waals surface area contributed by atoms with Crippen LogP contribution >= 0.6 is 27.5 Å². The van der Waals surface area contributed by atoms with Crippen LogP contribution in [0.15, 0.2) is 73.4 Å². The molecule has 0 bridgehead atoms. The van der Waals surface area contributed by atoms with Crippen LogP contribution in [0, 0.1) is 0 Å². The Hall–Kier alpha value is -4.35. The van der Waals surface area contributed by atoms with Crippen LogP contribution < -0.4 is 19.8 Å². The molecule has 0 aliphatic carbocycles. The molecule has 216 valence electrons. The van der Waals surface area contributed by atoms with Crippen LogP contribution in [-0.4, -0.2) is 48.8 Å². The van der Waals surface area contributed by atoms with Gasteiger partial charge in [-0.15, -0.1) is 0 Å². The number of nitrogens with zero attached hydrogens (tertiary/aromatic N) is 3. The first-order valence-electron chi connectivity index (χ1n) is 12.7. The molecule has 0 aliphatic heterocycles. The van der Waals surface area contributed by atoms with Gasteiger partial charge in [-0.1, -0.05) is 29.8 Å². The van der Waals surface area contributed by atoms with Crippen LogP contribution in [-0.2, 0) is 9.53 Å². The number of fused-ring (bicyclic) bond motifs is 2. The molecule has 0 saturated heterocycles. The van der Waals surface area contributed by atoms with Gasteiger partial charge in [0.25, 0.3) is 5.56 Å². The number of rotatable bonds is 9. The first-order chi connectivity index (χ1) is 20.2. The molecule has 0 atom stereocenters. The van der Waals surface area contributed by atoms with Crippen molar-refractivity contribution in [2.45, 2.75) is 20.0 Å². The van der Waals surface area contributed by atoms with E-state index in [1.165, 1.54) is 13.3 Å². The Balaban J connectivity index is 1.60. The van der Waals surface area contributed by atoms with Crippen LogP contribution in [0.3, 0.4) is 0 Å². The van der Waals surface area contributed by atoms with Crippen LogP contribution in [0.25, 0.3) is 33.5 Å². The van der Waals surface area contributed by atoms with Gasteiger partial charge >= 0.3 is 5.97 Å². The first kappa shape index (κ1) is 29.2. The van der Waals surface area contributed by atoms with Gasteiger partial charge in [-0.25, -0.2) is 9.78 Å². The summed E-state index contributed by atoms with van der Waals surface area (Å²) in [4.78, 5) is 30.4. The number of para-hydroxylation sites is 1. The number of hydrogen-bond donors (Lipinski definition) is 0. The van der Waals surface area contributed by atoms with Crippen molar-refractivity contribution in [1.82, 2.24) is 9.66 Å². The summed E-state index contributed by atoms with van der Waals surface area (Å²) in [5.41, 5.74) is 1.11. The van der Waals surface area contributed by atoms with Gasteiger partial charge in [-0.3, -0.25) is 4.79 Å². The predicted molar refractivity (Wildman–Crippen MR) is 163 cm³/mol. The van der Waals surface area contributed by atoms with E-state index in [0.29, 0.717) is 38.0 Å². The molecule has 2 heterocycles. The number of carbonyl (C=O) groups excluding carboxylic acids is 1. The van der Waals surface area contributed by atoms with Crippen LogP contribution in [0.1, 0.15) is 19.4 Å². The number of esters is 1. The second-order valence-electron chi connectivity index (χ2n) is 9.25. The van der Waals surface area contributed by atoms with E-state index in [4.69, 9.17) is 39.9 Å². The van der Waals surface area contributed by atoms with E-state index in [1.54, 1.807) is 63.4 Å². The first-order valence-corrected chi connectivity index (χ1v) is 13.9. The second kappa shape index (κ2) is 12.3. The standard InChI is InChI=1S/C30H25BrClN3O7/c1-16(2)41-25(36)15-40-28-23(39-4)12-17(26(31)27(28)32)14-33-35-29(34-20-9-6-5-8-18(20)30(35)37)24-13-19-21(38-3)10-7-11-22(19)42-24/h5-14,16H,15H2,1-4H3. The van der Waals surface area contributed by atoms with Crippen molar-refractivity contribution in [3.63, 3.8) is 0 Å². The zero-order chi connectivity index (χ0) is 30.0. The summed E-state index contributed by atoms with van der Waals surface area (Å²) >= 11 is 10.1. The maximum Gasteiger partial charge on any atom is 0.344 e. The minimum atomic E-state index is -0.552. The minimum Gasteiger partial charge on any atom is -0.496 e. The predicted octanol–water partition coefficient (Wildman–Crippen LogP) is 6.46. The monoisotopic (exact) mass is 653 g/mol. The fourth-order valence-corrected chi connectivity index (χ4v) is 4.90. The quantitative estimate of drug-likeness (QED) is 0.132. The Kier molecular flexibility index (Phi) is 8.51. The van der Waals surface area contributed by atoms with Gasteiger partial charge in [0.15, 0.2) is 23.9 Å². The van der Waals surface area contributed by atoms with E-state index in [2.05, 4.69) is 21.0 Å². The lowest BCUT2D eigenvalue weighted by atomic mass is 10.2. The summed E-state index contributed by atoms with van der Waals surface area (Å²) in [5, 5.41) is 5.73. The Morgan fingerprint density at radius 3 is 2.60 bits per heavy atom. The third kappa shape index (κ3) is 5.70. The smallest absolute Gasteiger partial charge is 0.344 e. The number of carbonyl (C=O) groups is 1. The van der Waals surface area contributed by atoms with E-state index < -0.39 is 11.5 Å². The highest BCUT2D eigenvalue weighted by molar-refractivity contribution is 9.10. The summed E-state index contributed by atoms with van der Waals surface area (Å²) in [6.45, 7) is 3.12. The Morgan fingerprint density at radius 2 is 1.86 bits per heavy atom. The molecule has 10 nitrogen and oxygen atoms in total. The van der Waals surface area contributed by atoms with Crippen molar-refractivity contribution in [2.75, 3.05) is 20.8 Å². The van der Waals surface area contributed by atoms with E-state index in [1.807, 2.05) is 12.1 Å². The molecule has 0 unspecified atom stereocenters. The number of halogens is 2. The summed E-state index contributed by atoms with van der Waals surface area (Å²) in [6.07, 6.45) is 1.14. The Morgan fingerprint density at radius 1 is 1.10 bits per heavy atom. The van der Waals surface area contributed by atoms with Gasteiger partial charge in [0.05, 0.1) is 42.8 Å². The molecule has 2 aromatic heterocycles. The van der Waals surface area contributed by atoms with Crippen LogP contribution in [0.2, 0.25) is 5.02 Å². The third-order valence-electron chi connectivity index (χ3n) is 6.11. The molecule has 0 spiro atoms. The van der Waals surface area contributed by atoms with Crippen molar-refractivity contribution in [1.29, 1.82) is 0 Å². The molecule has 0 radical (unpaired) electrons. The highest BCUT2D eigenvalue weighted by Crippen LogP contribution is 2.42. The van der Waals surface area contributed by atoms with Gasteiger partial charge in [0.2, 0.25) is 5.82 Å². The molecular formula is C30H25BrClN3O7. The number of aromatic nitrogens is 2. The van der Waals surface area contributed by atoms with Gasteiger partial charge < -0.3 is 23.4 Å². The molecular weight excluding hydrogens is 630 g/mol. The Bertz CT molecular complexity index is 1900. The molecule has 3 aromatic carbocycles. The second-order valence-corrected chi connectivity index (χ2v) is 10.4. The van der Waals surface area contributed by atoms with Crippen molar-refractivity contribution in [3.8, 4) is 28.8 Å². The molecule has 5 aromatic rings. The number of ether oxygens (including phenoxy) is 4. The maximum absolute atomic E-state index is 13.7. The third-order valence-corrected chi connectivity index (χ3v) is 7.55. The number of furan rings is 1. The molecule has 5 rings (SSSR count). The summed E-state index contributed by atoms with van der Waals surface area (Å²) in [5.74, 6) is 0.961. The zero-order valence-electron chi connectivity index (χ0n) is 23.0. The topological polar surface area (TPSA) is 114 Å². The lowest BCUT2D eigenvalue weighted by Gasteiger charge is -2.15. The van der Waals surface area contributed by atoms with E-state index >= 15 is 0 Å². The number of hydrogen-bond acceptors (Lipinski definition) is 9. The SMILES string of the molecule is COc1cc(C=Nn2c(-c3cc4c(OC)cccc4o3)nc3ccccc3c2=O)c(Br)c(Cl)c1OCC(=O)OC(C)C. The normalized spacial score (nSPS) is 11.5. The lowest BCUT2D eigenvalue weighted by molar-refractivity contribution is -0.149. The van der Waals surface area contributed by atoms with E-state index in [-0.39, 0.29) is 35.1 Å². The summed E-state index contributed by atoms with van der Waals surface area (Å²) < 4.78 is 29.3. The fourth-order valence-electron chi connectivity index (χ4n) is 4.25. The molecule has 12 heteroatoms. The van der Waals surface area contributed by atoms with Gasteiger partial charge in [0.1, 0.15) is 16.4 Å². The maximum atomic E-state index is 13.7. The zero-order valence-corrected chi connectivity index (χ0v) is 25.4. The van der Waals surface area contributed by atoms with Crippen molar-refractivity contribution in [3.05, 3.63) is 80.0 Å². The lowest BCUT2D eigenvalue weighted by Crippen LogP contribution is -2.20. The van der Waals surface area contributed by atoms with Gasteiger partial charge in [-0.05, 0) is 66.2 Å². The van der Waals surface area contributed by atoms with E-state index in [9.17, 15) is 9.59 Å². The van der Waals surface area contributed by atoms with Gasteiger partial charge in [0, 0.05) is 10.0 Å². The molecule has 0 amide bonds. The fraction of sp³-hybridized carbons (Fsp3) is 0.200. The van der Waals surface area contributed by atoms with Crippen LogP contribution in [0.4, 0.5) is 0 Å². The van der Waals surface area contributed by atoms with Crippen molar-refractivity contribution < 1.29 is 28.2 Å². The van der Waals surface area contributed by atoms with E-state index in [0.717, 1.165) is 10.1 Å². The minimum absolute atomic E-state index is 0.140. The number of methoxy groups -OCH3 is 2. The Labute approximate surface area is 253 Å². The van der Waals surface area contributed by atoms with Crippen LogP contribution in [0.5, 0.6) is 17.2 Å². The average Bonchev–Trinajstić information content (AvgIpc) is 3.42. The molecule has 42 heavy (non-hydrogen) atoms. The number of benzene rings is 3. The van der Waals surface area contributed by atoms with Crippen molar-refractivity contribution in [2.24, 2.45) is 5.10 Å². The largest absolute Gasteiger partial charge is 0.496 e. The summed E-state index contributed by atoms with van der Waals surface area (Å²) in [6, 6.07) is 15.7. The highest BCUT2D eigenvalue weighted by Gasteiger charge is 2.21. The average molecular weight is 655 g/mol. The molecule has 0 saturated carbocycles. The molecule has 0 N–H and O–H groups in total.